The Labute approximate surface area is 114 Å². The molecule has 3 rings (SSSR count). The van der Waals surface area contributed by atoms with Gasteiger partial charge in [-0.15, -0.1) is 0 Å². The third-order valence-corrected chi connectivity index (χ3v) is 4.86. The van der Waals surface area contributed by atoms with Crippen molar-refractivity contribution in [3.8, 4) is 5.75 Å². The van der Waals surface area contributed by atoms with Gasteiger partial charge >= 0.3 is 0 Å². The molecule has 104 valence electrons. The van der Waals surface area contributed by atoms with Crippen LogP contribution in [0.5, 0.6) is 5.75 Å². The van der Waals surface area contributed by atoms with Gasteiger partial charge in [-0.05, 0) is 56.2 Å². The molecule has 0 spiro atoms. The maximum absolute atomic E-state index is 13.4. The first-order valence-corrected chi connectivity index (χ1v) is 7.27. The van der Waals surface area contributed by atoms with Gasteiger partial charge in [-0.1, -0.05) is 6.42 Å². The lowest BCUT2D eigenvalue weighted by molar-refractivity contribution is 0.321. The Kier molecular flexibility index (Phi) is 3.48. The molecule has 2 fully saturated rings. The van der Waals surface area contributed by atoms with Gasteiger partial charge in [-0.2, -0.15) is 0 Å². The quantitative estimate of drug-likeness (QED) is 0.895. The summed E-state index contributed by atoms with van der Waals surface area (Å²) in [7, 11) is 1.64. The van der Waals surface area contributed by atoms with Crippen molar-refractivity contribution in [3.63, 3.8) is 0 Å². The predicted octanol–water partition coefficient (Wildman–Crippen LogP) is 3.67. The van der Waals surface area contributed by atoms with Gasteiger partial charge < -0.3 is 10.1 Å². The second-order valence-electron chi connectivity index (χ2n) is 6.06. The van der Waals surface area contributed by atoms with Gasteiger partial charge in [-0.25, -0.2) is 4.39 Å². The van der Waals surface area contributed by atoms with Crippen molar-refractivity contribution >= 4 is 0 Å². The summed E-state index contributed by atoms with van der Waals surface area (Å²) in [5.74, 6) is 2.32. The molecule has 4 atom stereocenters. The first-order valence-electron chi connectivity index (χ1n) is 7.27. The Morgan fingerprint density at radius 1 is 1.32 bits per heavy atom. The van der Waals surface area contributed by atoms with E-state index in [9.17, 15) is 4.39 Å². The molecule has 2 bridgehead atoms. The summed E-state index contributed by atoms with van der Waals surface area (Å²) in [5.41, 5.74) is 0.922. The highest BCUT2D eigenvalue weighted by atomic mass is 19.1. The summed E-state index contributed by atoms with van der Waals surface area (Å²) in [6.45, 7) is 2.10. The first kappa shape index (κ1) is 12.9. The van der Waals surface area contributed by atoms with E-state index < -0.39 is 0 Å². The van der Waals surface area contributed by atoms with Gasteiger partial charge in [0.05, 0.1) is 7.11 Å². The van der Waals surface area contributed by atoms with Crippen LogP contribution in [-0.2, 0) is 0 Å². The smallest absolute Gasteiger partial charge is 0.123 e. The van der Waals surface area contributed by atoms with E-state index in [1.165, 1.54) is 31.7 Å². The Morgan fingerprint density at radius 2 is 2.16 bits per heavy atom. The van der Waals surface area contributed by atoms with Gasteiger partial charge in [0.1, 0.15) is 11.6 Å². The topological polar surface area (TPSA) is 21.3 Å². The van der Waals surface area contributed by atoms with Crippen molar-refractivity contribution in [2.45, 2.75) is 44.7 Å². The van der Waals surface area contributed by atoms with Gasteiger partial charge in [0.15, 0.2) is 0 Å². The second kappa shape index (κ2) is 5.12. The van der Waals surface area contributed by atoms with Crippen molar-refractivity contribution in [1.82, 2.24) is 5.32 Å². The largest absolute Gasteiger partial charge is 0.496 e. The third kappa shape index (κ3) is 2.48. The van der Waals surface area contributed by atoms with Gasteiger partial charge in [-0.3, -0.25) is 0 Å². The fourth-order valence-electron chi connectivity index (χ4n) is 3.90. The van der Waals surface area contributed by atoms with E-state index in [2.05, 4.69) is 12.2 Å². The molecule has 1 N–H and O–H groups in total. The summed E-state index contributed by atoms with van der Waals surface area (Å²) in [5, 5.41) is 3.68. The molecule has 2 aliphatic rings. The molecule has 0 amide bonds. The maximum atomic E-state index is 13.4. The van der Waals surface area contributed by atoms with Crippen LogP contribution in [0.2, 0.25) is 0 Å². The van der Waals surface area contributed by atoms with Crippen LogP contribution in [0.15, 0.2) is 18.2 Å². The Morgan fingerprint density at radius 3 is 2.79 bits per heavy atom. The average molecular weight is 263 g/mol. The van der Waals surface area contributed by atoms with E-state index in [1.54, 1.807) is 19.2 Å². The van der Waals surface area contributed by atoms with Gasteiger partial charge in [0.25, 0.3) is 0 Å². The zero-order chi connectivity index (χ0) is 13.4. The fraction of sp³-hybridized carbons (Fsp3) is 0.625. The van der Waals surface area contributed by atoms with E-state index in [4.69, 9.17) is 4.74 Å². The highest BCUT2D eigenvalue weighted by Crippen LogP contribution is 2.45. The molecule has 4 unspecified atom stereocenters. The molecule has 0 aliphatic heterocycles. The lowest BCUT2D eigenvalue weighted by Crippen LogP contribution is -2.35. The molecular weight excluding hydrogens is 241 g/mol. The van der Waals surface area contributed by atoms with Crippen LogP contribution in [0.4, 0.5) is 4.39 Å². The lowest BCUT2D eigenvalue weighted by Gasteiger charge is -2.27. The van der Waals surface area contributed by atoms with Crippen LogP contribution in [0, 0.1) is 17.7 Å². The summed E-state index contributed by atoms with van der Waals surface area (Å²) < 4.78 is 18.8. The maximum Gasteiger partial charge on any atom is 0.123 e. The number of rotatable bonds is 4. The highest BCUT2D eigenvalue weighted by molar-refractivity contribution is 5.36. The van der Waals surface area contributed by atoms with E-state index in [-0.39, 0.29) is 11.9 Å². The van der Waals surface area contributed by atoms with Crippen LogP contribution in [0.1, 0.15) is 44.2 Å². The molecule has 1 aromatic rings. The highest BCUT2D eigenvalue weighted by Gasteiger charge is 2.39. The molecule has 2 nitrogen and oxygen atoms in total. The number of methoxy groups -OCH3 is 1. The minimum atomic E-state index is -0.197. The molecular formula is C16H22FNO. The van der Waals surface area contributed by atoms with E-state index >= 15 is 0 Å². The van der Waals surface area contributed by atoms with Crippen molar-refractivity contribution in [2.75, 3.05) is 7.11 Å². The summed E-state index contributed by atoms with van der Waals surface area (Å²) in [6, 6.07) is 5.48. The number of halogens is 1. The lowest BCUT2D eigenvalue weighted by atomic mass is 9.94. The SMILES string of the molecule is COc1ccc(F)cc1C(C)NC1CC2CCC1C2. The molecule has 2 saturated carbocycles. The van der Waals surface area contributed by atoms with Crippen molar-refractivity contribution in [3.05, 3.63) is 29.6 Å². The molecule has 2 aliphatic carbocycles. The van der Waals surface area contributed by atoms with E-state index in [0.29, 0.717) is 6.04 Å². The molecule has 0 aromatic heterocycles. The normalized spacial score (nSPS) is 30.6. The second-order valence-corrected chi connectivity index (χ2v) is 6.06. The zero-order valence-electron chi connectivity index (χ0n) is 11.7. The van der Waals surface area contributed by atoms with Gasteiger partial charge in [0.2, 0.25) is 0 Å². The average Bonchev–Trinajstić information content (AvgIpc) is 3.01. The molecule has 0 radical (unpaired) electrons. The van der Waals surface area contributed by atoms with Crippen LogP contribution in [-0.4, -0.2) is 13.2 Å². The van der Waals surface area contributed by atoms with E-state index in [1.807, 2.05) is 0 Å². The van der Waals surface area contributed by atoms with Crippen LogP contribution < -0.4 is 10.1 Å². The molecule has 0 saturated heterocycles. The number of benzene rings is 1. The Balaban J connectivity index is 1.73. The molecule has 19 heavy (non-hydrogen) atoms. The summed E-state index contributed by atoms with van der Waals surface area (Å²) in [6.07, 6.45) is 5.42. The zero-order valence-corrected chi connectivity index (χ0v) is 11.7. The number of fused-ring (bicyclic) bond motifs is 2. The number of nitrogens with one attached hydrogen (secondary N) is 1. The Bertz CT molecular complexity index is 462. The molecule has 3 heteroatoms. The molecule has 1 aromatic carbocycles. The van der Waals surface area contributed by atoms with Crippen molar-refractivity contribution in [2.24, 2.45) is 11.8 Å². The monoisotopic (exact) mass is 263 g/mol. The van der Waals surface area contributed by atoms with Crippen molar-refractivity contribution in [1.29, 1.82) is 0 Å². The third-order valence-electron chi connectivity index (χ3n) is 4.86. The van der Waals surface area contributed by atoms with Crippen molar-refractivity contribution < 1.29 is 9.13 Å². The predicted molar refractivity (Wildman–Crippen MR) is 73.7 cm³/mol. The summed E-state index contributed by atoms with van der Waals surface area (Å²) >= 11 is 0. The van der Waals surface area contributed by atoms with Crippen LogP contribution in [0.3, 0.4) is 0 Å². The number of hydrogen-bond acceptors (Lipinski definition) is 2. The van der Waals surface area contributed by atoms with Crippen LogP contribution >= 0.6 is 0 Å². The van der Waals surface area contributed by atoms with E-state index in [0.717, 1.165) is 23.1 Å². The Hall–Kier alpha value is -1.09. The fourth-order valence-corrected chi connectivity index (χ4v) is 3.90. The van der Waals surface area contributed by atoms with Gasteiger partial charge in [0, 0.05) is 17.6 Å². The number of ether oxygens (including phenoxy) is 1. The first-order chi connectivity index (χ1) is 9.17. The van der Waals surface area contributed by atoms with Crippen LogP contribution in [0.25, 0.3) is 0 Å². The summed E-state index contributed by atoms with van der Waals surface area (Å²) in [4.78, 5) is 0. The number of hydrogen-bond donors (Lipinski definition) is 1. The minimum Gasteiger partial charge on any atom is -0.496 e. The minimum absolute atomic E-state index is 0.134. The standard InChI is InChI=1S/C16H22FNO/c1-10(14-9-13(17)5-6-16(14)19-2)18-15-8-11-3-4-12(15)7-11/h5-6,9-12,15,18H,3-4,7-8H2,1-2H3. The molecule has 0 heterocycles.